The van der Waals surface area contributed by atoms with Crippen molar-refractivity contribution in [1.29, 1.82) is 0 Å². The van der Waals surface area contributed by atoms with Gasteiger partial charge in [0.25, 0.3) is 0 Å². The van der Waals surface area contributed by atoms with Crippen molar-refractivity contribution in [2.45, 2.75) is 19.8 Å². The summed E-state index contributed by atoms with van der Waals surface area (Å²) in [5.74, 6) is 0.504. The highest BCUT2D eigenvalue weighted by atomic mass is 16.2. The van der Waals surface area contributed by atoms with Crippen molar-refractivity contribution in [2.75, 3.05) is 31.5 Å². The molecule has 2 rings (SSSR count). The molecule has 1 aliphatic rings. The number of urea groups is 1. The van der Waals surface area contributed by atoms with Crippen molar-refractivity contribution in [3.05, 3.63) is 29.8 Å². The fraction of sp³-hybridized carbons (Fsp3) is 0.500. The molecule has 0 aromatic heterocycles. The second-order valence-electron chi connectivity index (χ2n) is 4.89. The molecule has 1 aromatic carbocycles. The number of para-hydroxylation sites is 1. The SMILES string of the molecule is CC(C)c1ccccc1NCCN1CCNC1=O. The third kappa shape index (κ3) is 2.94. The molecule has 1 aliphatic heterocycles. The van der Waals surface area contributed by atoms with Crippen molar-refractivity contribution < 1.29 is 4.79 Å². The summed E-state index contributed by atoms with van der Waals surface area (Å²) in [6, 6.07) is 8.40. The lowest BCUT2D eigenvalue weighted by Crippen LogP contribution is -2.32. The highest BCUT2D eigenvalue weighted by molar-refractivity contribution is 5.76. The molecular formula is C14H21N3O. The van der Waals surface area contributed by atoms with Gasteiger partial charge in [0.1, 0.15) is 0 Å². The third-order valence-corrected chi connectivity index (χ3v) is 3.23. The van der Waals surface area contributed by atoms with Gasteiger partial charge in [-0.3, -0.25) is 0 Å². The molecule has 4 heteroatoms. The molecule has 0 bridgehead atoms. The van der Waals surface area contributed by atoms with Crippen LogP contribution in [0.5, 0.6) is 0 Å². The fourth-order valence-electron chi connectivity index (χ4n) is 2.21. The first-order valence-electron chi connectivity index (χ1n) is 6.54. The molecular weight excluding hydrogens is 226 g/mol. The Morgan fingerprint density at radius 1 is 1.39 bits per heavy atom. The zero-order chi connectivity index (χ0) is 13.0. The van der Waals surface area contributed by atoms with Crippen LogP contribution in [0.2, 0.25) is 0 Å². The topological polar surface area (TPSA) is 44.4 Å². The summed E-state index contributed by atoms with van der Waals surface area (Å²) in [6.07, 6.45) is 0. The van der Waals surface area contributed by atoms with E-state index in [2.05, 4.69) is 42.7 Å². The lowest BCUT2D eigenvalue weighted by molar-refractivity contribution is 0.219. The zero-order valence-electron chi connectivity index (χ0n) is 11.1. The number of carbonyl (C=O) groups excluding carboxylic acids is 1. The number of anilines is 1. The van der Waals surface area contributed by atoms with Crippen molar-refractivity contribution in [3.8, 4) is 0 Å². The number of rotatable bonds is 5. The first kappa shape index (κ1) is 12.7. The minimum Gasteiger partial charge on any atom is -0.383 e. The summed E-state index contributed by atoms with van der Waals surface area (Å²) in [6.45, 7) is 7.49. The van der Waals surface area contributed by atoms with Crippen LogP contribution in [0.3, 0.4) is 0 Å². The van der Waals surface area contributed by atoms with Gasteiger partial charge < -0.3 is 15.5 Å². The molecule has 2 N–H and O–H groups in total. The van der Waals surface area contributed by atoms with Crippen molar-refractivity contribution in [1.82, 2.24) is 10.2 Å². The number of hydrogen-bond acceptors (Lipinski definition) is 2. The number of amides is 2. The molecule has 98 valence electrons. The Balaban J connectivity index is 1.88. The molecule has 2 amide bonds. The van der Waals surface area contributed by atoms with Gasteiger partial charge in [-0.05, 0) is 17.5 Å². The normalized spacial score (nSPS) is 15.1. The summed E-state index contributed by atoms with van der Waals surface area (Å²) in [7, 11) is 0. The number of nitrogens with one attached hydrogen (secondary N) is 2. The van der Waals surface area contributed by atoms with Crippen LogP contribution in [0.25, 0.3) is 0 Å². The maximum Gasteiger partial charge on any atom is 0.317 e. The lowest BCUT2D eigenvalue weighted by atomic mass is 10.0. The molecule has 1 heterocycles. The first-order chi connectivity index (χ1) is 8.68. The predicted molar refractivity (Wildman–Crippen MR) is 74.0 cm³/mol. The van der Waals surface area contributed by atoms with Gasteiger partial charge in [-0.1, -0.05) is 32.0 Å². The summed E-state index contributed by atoms with van der Waals surface area (Å²) >= 11 is 0. The lowest BCUT2D eigenvalue weighted by Gasteiger charge is -2.17. The molecule has 0 aliphatic carbocycles. The number of hydrogen-bond donors (Lipinski definition) is 2. The van der Waals surface area contributed by atoms with E-state index in [9.17, 15) is 4.79 Å². The Kier molecular flexibility index (Phi) is 4.07. The summed E-state index contributed by atoms with van der Waals surface area (Å²) in [5, 5.41) is 6.23. The van der Waals surface area contributed by atoms with E-state index in [1.54, 1.807) is 0 Å². The number of nitrogens with zero attached hydrogens (tertiary/aromatic N) is 1. The predicted octanol–water partition coefficient (Wildman–Crippen LogP) is 2.25. The number of carbonyl (C=O) groups is 1. The van der Waals surface area contributed by atoms with Crippen molar-refractivity contribution in [3.63, 3.8) is 0 Å². The van der Waals surface area contributed by atoms with Gasteiger partial charge in [0, 0.05) is 31.9 Å². The average Bonchev–Trinajstić information content (AvgIpc) is 2.76. The molecule has 1 aromatic rings. The standard InChI is InChI=1S/C14H21N3O/c1-11(2)12-5-3-4-6-13(12)15-7-9-17-10-8-16-14(17)18/h3-6,11,15H,7-10H2,1-2H3,(H,16,18). The second kappa shape index (κ2) is 5.76. The molecule has 4 nitrogen and oxygen atoms in total. The molecule has 1 fully saturated rings. The summed E-state index contributed by atoms with van der Waals surface area (Å²) < 4.78 is 0. The Hall–Kier alpha value is -1.71. The van der Waals surface area contributed by atoms with Gasteiger partial charge in [-0.2, -0.15) is 0 Å². The largest absolute Gasteiger partial charge is 0.383 e. The highest BCUT2D eigenvalue weighted by Gasteiger charge is 2.18. The Bertz CT molecular complexity index is 417. The van der Waals surface area contributed by atoms with Crippen LogP contribution in [0.15, 0.2) is 24.3 Å². The van der Waals surface area contributed by atoms with E-state index in [1.165, 1.54) is 11.3 Å². The minimum absolute atomic E-state index is 0.0499. The van der Waals surface area contributed by atoms with Gasteiger partial charge in [0.15, 0.2) is 0 Å². The van der Waals surface area contributed by atoms with E-state index < -0.39 is 0 Å². The molecule has 0 unspecified atom stereocenters. The van der Waals surface area contributed by atoms with Crippen LogP contribution < -0.4 is 10.6 Å². The van der Waals surface area contributed by atoms with Gasteiger partial charge in [0.05, 0.1) is 0 Å². The maximum absolute atomic E-state index is 11.4. The van der Waals surface area contributed by atoms with E-state index in [4.69, 9.17) is 0 Å². The van der Waals surface area contributed by atoms with Crippen LogP contribution in [-0.4, -0.2) is 37.1 Å². The maximum atomic E-state index is 11.4. The van der Waals surface area contributed by atoms with E-state index in [-0.39, 0.29) is 6.03 Å². The van der Waals surface area contributed by atoms with Crippen molar-refractivity contribution in [2.24, 2.45) is 0 Å². The van der Waals surface area contributed by atoms with Crippen molar-refractivity contribution >= 4 is 11.7 Å². The molecule has 0 spiro atoms. The van der Waals surface area contributed by atoms with E-state index in [0.717, 1.165) is 26.2 Å². The van der Waals surface area contributed by atoms with E-state index >= 15 is 0 Å². The number of benzene rings is 1. The van der Waals surface area contributed by atoms with Gasteiger partial charge in [-0.25, -0.2) is 4.79 Å². The van der Waals surface area contributed by atoms with Crippen LogP contribution >= 0.6 is 0 Å². The summed E-state index contributed by atoms with van der Waals surface area (Å²) in [5.41, 5.74) is 2.50. The van der Waals surface area contributed by atoms with Crippen LogP contribution in [0.1, 0.15) is 25.3 Å². The van der Waals surface area contributed by atoms with E-state index in [0.29, 0.717) is 5.92 Å². The molecule has 0 radical (unpaired) electrons. The Labute approximate surface area is 108 Å². The van der Waals surface area contributed by atoms with Gasteiger partial charge in [0.2, 0.25) is 0 Å². The molecule has 0 atom stereocenters. The smallest absolute Gasteiger partial charge is 0.317 e. The second-order valence-corrected chi connectivity index (χ2v) is 4.89. The monoisotopic (exact) mass is 247 g/mol. The van der Waals surface area contributed by atoms with Crippen LogP contribution in [0, 0.1) is 0 Å². The third-order valence-electron chi connectivity index (χ3n) is 3.23. The Morgan fingerprint density at radius 3 is 2.83 bits per heavy atom. The zero-order valence-corrected chi connectivity index (χ0v) is 11.1. The summed E-state index contributed by atoms with van der Waals surface area (Å²) in [4.78, 5) is 13.2. The quantitative estimate of drug-likeness (QED) is 0.838. The average molecular weight is 247 g/mol. The molecule has 18 heavy (non-hydrogen) atoms. The fourth-order valence-corrected chi connectivity index (χ4v) is 2.21. The van der Waals surface area contributed by atoms with Gasteiger partial charge in [-0.15, -0.1) is 0 Å². The van der Waals surface area contributed by atoms with Crippen LogP contribution in [-0.2, 0) is 0 Å². The van der Waals surface area contributed by atoms with Gasteiger partial charge >= 0.3 is 6.03 Å². The minimum atomic E-state index is 0.0499. The molecule has 0 saturated carbocycles. The highest BCUT2D eigenvalue weighted by Crippen LogP contribution is 2.23. The molecule has 1 saturated heterocycles. The first-order valence-corrected chi connectivity index (χ1v) is 6.54. The van der Waals surface area contributed by atoms with Crippen LogP contribution in [0.4, 0.5) is 10.5 Å². The van der Waals surface area contributed by atoms with E-state index in [1.807, 2.05) is 11.0 Å². The Morgan fingerprint density at radius 2 is 2.17 bits per heavy atom.